The predicted octanol–water partition coefficient (Wildman–Crippen LogP) is 13.2. The fraction of sp³-hybridized carbons (Fsp3) is 0.0638. The van der Waals surface area contributed by atoms with Gasteiger partial charge in [0.15, 0.2) is 0 Å². The van der Waals surface area contributed by atoms with Gasteiger partial charge in [0.05, 0.1) is 0 Å². The van der Waals surface area contributed by atoms with Crippen LogP contribution < -0.4 is 9.80 Å². The van der Waals surface area contributed by atoms with Gasteiger partial charge < -0.3 is 9.80 Å². The molecule has 0 N–H and O–H groups in total. The smallest absolute Gasteiger partial charge is 0.0468 e. The molecule has 49 heavy (non-hydrogen) atoms. The Kier molecular flexibility index (Phi) is 10.8. The van der Waals surface area contributed by atoms with E-state index >= 15 is 0 Å². The van der Waals surface area contributed by atoms with Crippen LogP contribution in [0.5, 0.6) is 0 Å². The van der Waals surface area contributed by atoms with Gasteiger partial charge in [-0.25, -0.2) is 0 Å². The zero-order chi connectivity index (χ0) is 33.8. The molecule has 0 heterocycles. The Morgan fingerprint density at radius 1 is 0.633 bits per heavy atom. The second kappa shape index (κ2) is 16.1. The van der Waals surface area contributed by atoms with E-state index in [1.54, 1.807) is 0 Å². The summed E-state index contributed by atoms with van der Waals surface area (Å²) in [4.78, 5) is 4.59. The van der Waals surface area contributed by atoms with Crippen LogP contribution in [0, 0.1) is 0 Å². The molecular weight excluding hydrogens is 593 g/mol. The molecule has 6 rings (SSSR count). The van der Waals surface area contributed by atoms with Crippen LogP contribution in [0.15, 0.2) is 217 Å². The highest BCUT2D eigenvalue weighted by Crippen LogP contribution is 2.36. The van der Waals surface area contributed by atoms with Crippen LogP contribution in [0.2, 0.25) is 0 Å². The highest BCUT2D eigenvalue weighted by molar-refractivity contribution is 5.90. The van der Waals surface area contributed by atoms with Gasteiger partial charge in [-0.05, 0) is 114 Å². The average molecular weight is 635 g/mol. The van der Waals surface area contributed by atoms with Crippen LogP contribution in [-0.4, -0.2) is 0 Å². The van der Waals surface area contributed by atoms with Gasteiger partial charge in [0, 0.05) is 34.1 Å². The van der Waals surface area contributed by atoms with Crippen molar-refractivity contribution in [3.63, 3.8) is 0 Å². The summed E-state index contributed by atoms with van der Waals surface area (Å²) >= 11 is 0. The molecular formula is C47H42N2. The monoisotopic (exact) mass is 634 g/mol. The third-order valence-corrected chi connectivity index (χ3v) is 8.53. The van der Waals surface area contributed by atoms with Gasteiger partial charge in [-0.2, -0.15) is 0 Å². The first kappa shape index (κ1) is 32.8. The van der Waals surface area contributed by atoms with Crippen LogP contribution in [-0.2, 0) is 0 Å². The molecule has 0 saturated carbocycles. The zero-order valence-electron chi connectivity index (χ0n) is 28.3. The van der Waals surface area contributed by atoms with Crippen LogP contribution >= 0.6 is 0 Å². The number of rotatable bonds is 11. The maximum atomic E-state index is 3.85. The molecule has 1 aliphatic rings. The molecule has 0 spiro atoms. The number of anilines is 4. The predicted molar refractivity (Wildman–Crippen MR) is 213 cm³/mol. The summed E-state index contributed by atoms with van der Waals surface area (Å²) in [6, 6.07) is 44.9. The van der Waals surface area contributed by atoms with Crippen LogP contribution in [0.3, 0.4) is 0 Å². The molecule has 0 fully saturated rings. The second-order valence-corrected chi connectivity index (χ2v) is 11.8. The van der Waals surface area contributed by atoms with Gasteiger partial charge >= 0.3 is 0 Å². The number of fused-ring (bicyclic) bond motifs is 1. The maximum Gasteiger partial charge on any atom is 0.0468 e. The van der Waals surface area contributed by atoms with Crippen molar-refractivity contribution in [3.8, 4) is 0 Å². The Morgan fingerprint density at radius 2 is 1.27 bits per heavy atom. The molecule has 0 atom stereocenters. The Hall–Kier alpha value is -6.12. The third-order valence-electron chi connectivity index (χ3n) is 8.53. The number of para-hydroxylation sites is 3. The molecule has 0 radical (unpaired) electrons. The van der Waals surface area contributed by atoms with Crippen molar-refractivity contribution in [2.75, 3.05) is 9.80 Å². The Morgan fingerprint density at radius 3 is 1.86 bits per heavy atom. The van der Waals surface area contributed by atoms with E-state index in [0.717, 1.165) is 40.6 Å². The summed E-state index contributed by atoms with van der Waals surface area (Å²) in [6.07, 6.45) is 24.5. The van der Waals surface area contributed by atoms with Crippen molar-refractivity contribution >= 4 is 39.6 Å². The molecule has 2 heteroatoms. The van der Waals surface area contributed by atoms with E-state index in [9.17, 15) is 0 Å². The first-order valence-corrected chi connectivity index (χ1v) is 16.8. The Bertz CT molecular complexity index is 2070. The largest absolute Gasteiger partial charge is 0.311 e. The Balaban J connectivity index is 1.19. The number of hydrogen-bond acceptors (Lipinski definition) is 2. The van der Waals surface area contributed by atoms with Crippen molar-refractivity contribution in [3.05, 3.63) is 223 Å². The second-order valence-electron chi connectivity index (χ2n) is 11.8. The number of hydrogen-bond donors (Lipinski definition) is 0. The van der Waals surface area contributed by atoms with Crippen molar-refractivity contribution in [2.24, 2.45) is 0 Å². The van der Waals surface area contributed by atoms with Crippen LogP contribution in [0.1, 0.15) is 25.8 Å². The molecule has 5 aromatic rings. The van der Waals surface area contributed by atoms with Crippen LogP contribution in [0.25, 0.3) is 16.8 Å². The lowest BCUT2D eigenvalue weighted by molar-refractivity contribution is 1.09. The molecule has 0 bridgehead atoms. The van der Waals surface area contributed by atoms with Crippen molar-refractivity contribution in [1.29, 1.82) is 0 Å². The van der Waals surface area contributed by atoms with E-state index < -0.39 is 0 Å². The topological polar surface area (TPSA) is 6.48 Å². The maximum absolute atomic E-state index is 3.85. The lowest BCUT2D eigenvalue weighted by Gasteiger charge is -2.28. The van der Waals surface area contributed by atoms with Crippen molar-refractivity contribution < 1.29 is 0 Å². The first-order chi connectivity index (χ1) is 24.2. The van der Waals surface area contributed by atoms with E-state index in [0.29, 0.717) is 0 Å². The molecule has 2 nitrogen and oxygen atoms in total. The third kappa shape index (κ3) is 8.06. The van der Waals surface area contributed by atoms with Gasteiger partial charge in [-0.3, -0.25) is 0 Å². The molecule has 0 aliphatic heterocycles. The quantitative estimate of drug-likeness (QED) is 0.133. The summed E-state index contributed by atoms with van der Waals surface area (Å²) in [5.74, 6) is 0. The van der Waals surface area contributed by atoms with Gasteiger partial charge in [-0.15, -0.1) is 0 Å². The zero-order valence-corrected chi connectivity index (χ0v) is 28.3. The average Bonchev–Trinajstić information content (AvgIpc) is 3.16. The number of allylic oxidation sites excluding steroid dienone is 12. The van der Waals surface area contributed by atoms with Crippen LogP contribution in [0.4, 0.5) is 22.7 Å². The minimum Gasteiger partial charge on any atom is -0.311 e. The number of nitrogens with zero attached hydrogens (tertiary/aromatic N) is 2. The molecule has 1 aliphatic carbocycles. The Labute approximate surface area is 291 Å². The van der Waals surface area contributed by atoms with E-state index in [-0.39, 0.29) is 0 Å². The van der Waals surface area contributed by atoms with E-state index in [1.807, 2.05) is 12.2 Å². The lowest BCUT2D eigenvalue weighted by Crippen LogP contribution is -2.20. The van der Waals surface area contributed by atoms with Gasteiger partial charge in [0.1, 0.15) is 0 Å². The molecule has 0 saturated heterocycles. The van der Waals surface area contributed by atoms with Gasteiger partial charge in [0.25, 0.3) is 0 Å². The summed E-state index contributed by atoms with van der Waals surface area (Å²) in [5, 5.41) is 2.42. The normalized spacial score (nSPS) is 14.5. The van der Waals surface area contributed by atoms with Gasteiger partial charge in [-0.1, -0.05) is 134 Å². The van der Waals surface area contributed by atoms with Crippen molar-refractivity contribution in [1.82, 2.24) is 0 Å². The van der Waals surface area contributed by atoms with Gasteiger partial charge in [0.2, 0.25) is 0 Å². The SMILES string of the molecule is C=CC=CC(=CC)N(C1=CCC(=CC(C=Cc2ccc3cc(N(c4ccccc4)c4ccccc4)ccc3c2)=CC)C=C1)c1ccccc1. The van der Waals surface area contributed by atoms with Crippen molar-refractivity contribution in [2.45, 2.75) is 20.3 Å². The fourth-order valence-electron chi connectivity index (χ4n) is 6.04. The summed E-state index contributed by atoms with van der Waals surface area (Å²) in [7, 11) is 0. The molecule has 5 aromatic carbocycles. The molecule has 0 unspecified atom stereocenters. The number of benzene rings is 5. The molecule has 0 amide bonds. The minimum absolute atomic E-state index is 0.851. The minimum atomic E-state index is 0.851. The highest BCUT2D eigenvalue weighted by Gasteiger charge is 2.15. The highest BCUT2D eigenvalue weighted by atomic mass is 15.2. The summed E-state index contributed by atoms with van der Waals surface area (Å²) in [5.41, 5.74) is 10.4. The molecule has 0 aromatic heterocycles. The molecule has 240 valence electrons. The van der Waals surface area contributed by atoms with E-state index in [1.165, 1.54) is 27.5 Å². The first-order valence-electron chi connectivity index (χ1n) is 16.8. The summed E-state index contributed by atoms with van der Waals surface area (Å²) < 4.78 is 0. The summed E-state index contributed by atoms with van der Waals surface area (Å²) in [6.45, 7) is 8.02. The standard InChI is InChI=1S/C47H42N2/c1-4-7-17-42(6-3)48(43-18-11-8-12-19-43)46-31-27-38(28-32-46)34-37(5-2)24-25-39-26-29-41-36-47(33-30-40(41)35-39)49(44-20-13-9-14-21-44)45-22-15-10-16-23-45/h4-27,29-36H,1,28H2,2-3H3. The van der Waals surface area contributed by atoms with E-state index in [4.69, 9.17) is 0 Å². The fourth-order valence-corrected chi connectivity index (χ4v) is 6.04. The lowest BCUT2D eigenvalue weighted by atomic mass is 10.0. The van der Waals surface area contributed by atoms with E-state index in [2.05, 4.69) is 212 Å².